The first kappa shape index (κ1) is 13.7. The predicted molar refractivity (Wildman–Crippen MR) is 70.7 cm³/mol. The lowest BCUT2D eigenvalue weighted by Crippen LogP contribution is -2.41. The lowest BCUT2D eigenvalue weighted by atomic mass is 10.2. The summed E-state index contributed by atoms with van der Waals surface area (Å²) in [6.45, 7) is 1.34. The molecule has 0 saturated heterocycles. The number of pyridine rings is 1. The lowest BCUT2D eigenvalue weighted by Gasteiger charge is -2.09. The van der Waals surface area contributed by atoms with Crippen LogP contribution in [0.4, 0.5) is 5.69 Å². The zero-order chi connectivity index (χ0) is 14.9. The molecule has 0 spiro atoms. The van der Waals surface area contributed by atoms with E-state index < -0.39 is 21.9 Å². The van der Waals surface area contributed by atoms with Gasteiger partial charge < -0.3 is 0 Å². The Labute approximate surface area is 113 Å². The van der Waals surface area contributed by atoms with Gasteiger partial charge in [-0.15, -0.1) is 0 Å². The molecular formula is C12H12N4O4. The standard InChI is InChI=1S/C12H12N4O4/c1-8-10(16(19)20)11(17)15(12(18)14(8)2)7-9-3-5-13-6-4-9/h3-6H,7H2,1-2H3. The predicted octanol–water partition coefficient (Wildman–Crippen LogP) is 0.207. The highest BCUT2D eigenvalue weighted by Crippen LogP contribution is 2.09. The van der Waals surface area contributed by atoms with Crippen LogP contribution in [0.15, 0.2) is 34.1 Å². The first-order chi connectivity index (χ1) is 9.43. The van der Waals surface area contributed by atoms with E-state index in [4.69, 9.17) is 0 Å². The SMILES string of the molecule is Cc1c([N+](=O)[O-])c(=O)n(Cc2ccncc2)c(=O)n1C. The van der Waals surface area contributed by atoms with Crippen molar-refractivity contribution in [2.75, 3.05) is 0 Å². The van der Waals surface area contributed by atoms with Crippen LogP contribution in [0, 0.1) is 17.0 Å². The average Bonchev–Trinajstić information content (AvgIpc) is 2.42. The molecule has 0 aliphatic heterocycles. The van der Waals surface area contributed by atoms with Gasteiger partial charge >= 0.3 is 16.9 Å². The van der Waals surface area contributed by atoms with E-state index in [1.54, 1.807) is 12.1 Å². The topological polar surface area (TPSA) is 100 Å². The molecule has 0 atom stereocenters. The molecule has 0 unspecified atom stereocenters. The van der Waals surface area contributed by atoms with E-state index in [9.17, 15) is 19.7 Å². The normalized spacial score (nSPS) is 10.5. The average molecular weight is 276 g/mol. The van der Waals surface area contributed by atoms with Crippen molar-refractivity contribution in [3.05, 3.63) is 66.7 Å². The molecule has 8 heteroatoms. The van der Waals surface area contributed by atoms with Gasteiger partial charge in [0.2, 0.25) is 0 Å². The van der Waals surface area contributed by atoms with Gasteiger partial charge in [-0.25, -0.2) is 9.36 Å². The van der Waals surface area contributed by atoms with Crippen molar-refractivity contribution in [2.24, 2.45) is 7.05 Å². The Bertz CT molecular complexity index is 777. The van der Waals surface area contributed by atoms with Crippen LogP contribution in [0.25, 0.3) is 0 Å². The van der Waals surface area contributed by atoms with Gasteiger partial charge in [0.25, 0.3) is 0 Å². The number of hydrogen-bond donors (Lipinski definition) is 0. The highest BCUT2D eigenvalue weighted by Gasteiger charge is 2.23. The van der Waals surface area contributed by atoms with Crippen molar-refractivity contribution < 1.29 is 4.92 Å². The van der Waals surface area contributed by atoms with Crippen molar-refractivity contribution in [3.8, 4) is 0 Å². The fraction of sp³-hybridized carbons (Fsp3) is 0.250. The minimum atomic E-state index is -0.896. The van der Waals surface area contributed by atoms with Gasteiger partial charge in [0.1, 0.15) is 5.69 Å². The molecule has 0 fully saturated rings. The van der Waals surface area contributed by atoms with Crippen LogP contribution in [0.3, 0.4) is 0 Å². The Morgan fingerprint density at radius 1 is 1.30 bits per heavy atom. The largest absolute Gasteiger partial charge is 0.353 e. The summed E-state index contributed by atoms with van der Waals surface area (Å²) < 4.78 is 1.95. The lowest BCUT2D eigenvalue weighted by molar-refractivity contribution is -0.387. The fourth-order valence-electron chi connectivity index (χ4n) is 1.87. The summed E-state index contributed by atoms with van der Waals surface area (Å²) in [6.07, 6.45) is 3.04. The summed E-state index contributed by atoms with van der Waals surface area (Å²) >= 11 is 0. The second-order valence-electron chi connectivity index (χ2n) is 4.28. The van der Waals surface area contributed by atoms with Gasteiger partial charge in [-0.3, -0.25) is 24.5 Å². The summed E-state index contributed by atoms with van der Waals surface area (Å²) in [5.74, 6) is 0. The van der Waals surface area contributed by atoms with Gasteiger partial charge in [0.15, 0.2) is 0 Å². The van der Waals surface area contributed by atoms with Crippen LogP contribution in [0.2, 0.25) is 0 Å². The summed E-state index contributed by atoms with van der Waals surface area (Å²) in [7, 11) is 1.40. The number of rotatable bonds is 3. The molecule has 0 radical (unpaired) electrons. The van der Waals surface area contributed by atoms with Crippen molar-refractivity contribution in [3.63, 3.8) is 0 Å². The molecule has 2 rings (SSSR count). The van der Waals surface area contributed by atoms with Crippen LogP contribution in [-0.4, -0.2) is 19.0 Å². The van der Waals surface area contributed by atoms with E-state index in [0.29, 0.717) is 5.56 Å². The Morgan fingerprint density at radius 2 is 1.90 bits per heavy atom. The Kier molecular flexibility index (Phi) is 3.47. The van der Waals surface area contributed by atoms with Crippen LogP contribution >= 0.6 is 0 Å². The van der Waals surface area contributed by atoms with E-state index in [-0.39, 0.29) is 12.2 Å². The highest BCUT2D eigenvalue weighted by atomic mass is 16.6. The van der Waals surface area contributed by atoms with Gasteiger partial charge in [0, 0.05) is 19.4 Å². The third kappa shape index (κ3) is 2.22. The zero-order valence-corrected chi connectivity index (χ0v) is 10.9. The quantitative estimate of drug-likeness (QED) is 0.589. The molecule has 0 saturated carbocycles. The number of nitro groups is 1. The number of hydrogen-bond acceptors (Lipinski definition) is 5. The highest BCUT2D eigenvalue weighted by molar-refractivity contribution is 5.32. The summed E-state index contributed by atoms with van der Waals surface area (Å²) in [4.78, 5) is 38.2. The fourth-order valence-corrected chi connectivity index (χ4v) is 1.87. The smallest absolute Gasteiger partial charge is 0.294 e. The summed E-state index contributed by atoms with van der Waals surface area (Å²) in [6, 6.07) is 3.27. The summed E-state index contributed by atoms with van der Waals surface area (Å²) in [5, 5.41) is 11.0. The second kappa shape index (κ2) is 5.08. The van der Waals surface area contributed by atoms with E-state index in [0.717, 1.165) is 9.13 Å². The minimum Gasteiger partial charge on any atom is -0.294 e. The van der Waals surface area contributed by atoms with E-state index in [2.05, 4.69) is 4.98 Å². The molecule has 104 valence electrons. The maximum atomic E-state index is 12.1. The van der Waals surface area contributed by atoms with Gasteiger partial charge in [0.05, 0.1) is 11.5 Å². The summed E-state index contributed by atoms with van der Waals surface area (Å²) in [5.41, 5.74) is -1.36. The van der Waals surface area contributed by atoms with Gasteiger partial charge in [-0.1, -0.05) is 0 Å². The Morgan fingerprint density at radius 3 is 2.45 bits per heavy atom. The van der Waals surface area contributed by atoms with Gasteiger partial charge in [-0.2, -0.15) is 0 Å². The first-order valence-corrected chi connectivity index (χ1v) is 5.77. The first-order valence-electron chi connectivity index (χ1n) is 5.77. The Balaban J connectivity index is 2.68. The van der Waals surface area contributed by atoms with E-state index in [1.165, 1.54) is 26.4 Å². The third-order valence-electron chi connectivity index (χ3n) is 3.08. The van der Waals surface area contributed by atoms with Crippen LogP contribution in [-0.2, 0) is 13.6 Å². The monoisotopic (exact) mass is 276 g/mol. The molecule has 0 bridgehead atoms. The molecule has 2 aromatic heterocycles. The zero-order valence-electron chi connectivity index (χ0n) is 10.9. The number of aromatic nitrogens is 3. The third-order valence-corrected chi connectivity index (χ3v) is 3.08. The second-order valence-corrected chi connectivity index (χ2v) is 4.28. The molecule has 2 aromatic rings. The van der Waals surface area contributed by atoms with Crippen LogP contribution in [0.1, 0.15) is 11.3 Å². The van der Waals surface area contributed by atoms with Crippen molar-refractivity contribution in [2.45, 2.75) is 13.5 Å². The molecule has 0 amide bonds. The van der Waals surface area contributed by atoms with Gasteiger partial charge in [-0.05, 0) is 24.6 Å². The number of nitrogens with zero attached hydrogens (tertiary/aromatic N) is 4. The minimum absolute atomic E-state index is 0.0326. The molecule has 0 aliphatic carbocycles. The molecule has 20 heavy (non-hydrogen) atoms. The molecule has 0 aromatic carbocycles. The molecule has 0 aliphatic rings. The molecule has 2 heterocycles. The molecule has 0 N–H and O–H groups in total. The van der Waals surface area contributed by atoms with Crippen LogP contribution in [0.5, 0.6) is 0 Å². The van der Waals surface area contributed by atoms with Crippen molar-refractivity contribution in [1.82, 2.24) is 14.1 Å². The van der Waals surface area contributed by atoms with Crippen molar-refractivity contribution >= 4 is 5.69 Å². The van der Waals surface area contributed by atoms with Crippen LogP contribution < -0.4 is 11.2 Å². The molecule has 8 nitrogen and oxygen atoms in total. The Hall–Kier alpha value is -2.77. The van der Waals surface area contributed by atoms with E-state index in [1.807, 2.05) is 0 Å². The maximum Gasteiger partial charge on any atom is 0.353 e. The molecular weight excluding hydrogens is 264 g/mol. The van der Waals surface area contributed by atoms with E-state index >= 15 is 0 Å². The maximum absolute atomic E-state index is 12.1. The van der Waals surface area contributed by atoms with Crippen molar-refractivity contribution in [1.29, 1.82) is 0 Å².